The Morgan fingerprint density at radius 3 is 2.62 bits per heavy atom. The third-order valence-corrected chi connectivity index (χ3v) is 1.74. The maximum Gasteiger partial charge on any atom is 0.119 e. The predicted molar refractivity (Wildman–Crippen MR) is 51.6 cm³/mol. The number of hydrogen-bond donors (Lipinski definition) is 2. The molecule has 0 saturated heterocycles. The molecule has 1 aromatic rings. The first-order valence-corrected chi connectivity index (χ1v) is 4.37. The van der Waals surface area contributed by atoms with Crippen molar-refractivity contribution in [1.29, 1.82) is 0 Å². The van der Waals surface area contributed by atoms with Crippen LogP contribution in [-0.2, 0) is 0 Å². The number of rotatable bonds is 5. The van der Waals surface area contributed by atoms with Gasteiger partial charge in [0.1, 0.15) is 5.75 Å². The molecule has 0 heterocycles. The van der Waals surface area contributed by atoms with Crippen molar-refractivity contribution in [2.45, 2.75) is 12.5 Å². The molecule has 72 valence electrons. The Morgan fingerprint density at radius 1 is 1.31 bits per heavy atom. The van der Waals surface area contributed by atoms with E-state index in [0.29, 0.717) is 13.0 Å². The summed E-state index contributed by atoms with van der Waals surface area (Å²) in [6, 6.07) is 9.38. The third kappa shape index (κ3) is 3.92. The average molecular weight is 181 g/mol. The number of nitrogens with two attached hydrogens (primary N) is 1. The van der Waals surface area contributed by atoms with Crippen LogP contribution in [0.4, 0.5) is 0 Å². The molecule has 0 unspecified atom stereocenters. The molecule has 0 saturated carbocycles. The van der Waals surface area contributed by atoms with E-state index in [1.54, 1.807) is 0 Å². The van der Waals surface area contributed by atoms with Crippen molar-refractivity contribution in [2.24, 2.45) is 5.73 Å². The van der Waals surface area contributed by atoms with Gasteiger partial charge >= 0.3 is 0 Å². The number of benzene rings is 1. The Kier molecular flexibility index (Phi) is 4.29. The van der Waals surface area contributed by atoms with Crippen molar-refractivity contribution >= 4 is 0 Å². The van der Waals surface area contributed by atoms with Crippen molar-refractivity contribution in [3.05, 3.63) is 30.3 Å². The fourth-order valence-electron chi connectivity index (χ4n) is 0.936. The summed E-state index contributed by atoms with van der Waals surface area (Å²) in [5, 5.41) is 8.65. The molecule has 3 nitrogen and oxygen atoms in total. The smallest absolute Gasteiger partial charge is 0.119 e. The van der Waals surface area contributed by atoms with Crippen LogP contribution in [0.3, 0.4) is 0 Å². The summed E-state index contributed by atoms with van der Waals surface area (Å²) in [6.07, 6.45) is 0.672. The molecule has 3 N–H and O–H groups in total. The zero-order valence-electron chi connectivity index (χ0n) is 7.52. The lowest BCUT2D eigenvalue weighted by Crippen LogP contribution is -2.26. The first-order chi connectivity index (χ1) is 6.33. The van der Waals surface area contributed by atoms with Crippen LogP contribution in [0.25, 0.3) is 0 Å². The highest BCUT2D eigenvalue weighted by atomic mass is 16.5. The normalized spacial score (nSPS) is 12.5. The maximum absolute atomic E-state index is 8.65. The highest BCUT2D eigenvalue weighted by Crippen LogP contribution is 2.08. The lowest BCUT2D eigenvalue weighted by Gasteiger charge is -2.09. The summed E-state index contributed by atoms with van der Waals surface area (Å²) in [5.41, 5.74) is 5.51. The van der Waals surface area contributed by atoms with Crippen molar-refractivity contribution in [1.82, 2.24) is 0 Å². The monoisotopic (exact) mass is 181 g/mol. The molecule has 1 atom stereocenters. The SMILES string of the molecule is N[C@@H](CO)CCOc1ccccc1. The number of para-hydroxylation sites is 1. The van der Waals surface area contributed by atoms with Crippen LogP contribution in [0.5, 0.6) is 5.75 Å². The molecule has 0 bridgehead atoms. The maximum atomic E-state index is 8.65. The molecule has 0 aliphatic heterocycles. The summed E-state index contributed by atoms with van der Waals surface area (Å²) in [5.74, 6) is 0.840. The number of aliphatic hydroxyl groups excluding tert-OH is 1. The van der Waals surface area contributed by atoms with E-state index >= 15 is 0 Å². The second kappa shape index (κ2) is 5.56. The van der Waals surface area contributed by atoms with Gasteiger partial charge in [0.25, 0.3) is 0 Å². The van der Waals surface area contributed by atoms with E-state index in [2.05, 4.69) is 0 Å². The molecule has 1 rings (SSSR count). The van der Waals surface area contributed by atoms with E-state index in [0.717, 1.165) is 5.75 Å². The molecule has 3 heteroatoms. The van der Waals surface area contributed by atoms with Crippen LogP contribution in [0.2, 0.25) is 0 Å². The van der Waals surface area contributed by atoms with Gasteiger partial charge in [0.15, 0.2) is 0 Å². The van der Waals surface area contributed by atoms with Crippen molar-refractivity contribution < 1.29 is 9.84 Å². The van der Waals surface area contributed by atoms with Gasteiger partial charge in [-0.1, -0.05) is 18.2 Å². The summed E-state index contributed by atoms with van der Waals surface area (Å²) in [4.78, 5) is 0. The minimum atomic E-state index is -0.177. The van der Waals surface area contributed by atoms with Crippen LogP contribution in [0.15, 0.2) is 30.3 Å². The zero-order chi connectivity index (χ0) is 9.52. The minimum Gasteiger partial charge on any atom is -0.494 e. The summed E-state index contributed by atoms with van der Waals surface area (Å²) < 4.78 is 5.39. The van der Waals surface area contributed by atoms with Gasteiger partial charge in [-0.05, 0) is 18.6 Å². The largest absolute Gasteiger partial charge is 0.494 e. The lowest BCUT2D eigenvalue weighted by molar-refractivity contribution is 0.230. The Bertz CT molecular complexity index is 226. The van der Waals surface area contributed by atoms with Crippen LogP contribution in [-0.4, -0.2) is 24.4 Å². The molecule has 0 amide bonds. The second-order valence-corrected chi connectivity index (χ2v) is 2.89. The van der Waals surface area contributed by atoms with Gasteiger partial charge in [0.2, 0.25) is 0 Å². The molecule has 0 fully saturated rings. The van der Waals surface area contributed by atoms with Gasteiger partial charge in [-0.15, -0.1) is 0 Å². The fourth-order valence-corrected chi connectivity index (χ4v) is 0.936. The molecule has 0 aliphatic rings. The Balaban J connectivity index is 2.20. The number of hydrogen-bond acceptors (Lipinski definition) is 3. The van der Waals surface area contributed by atoms with Crippen molar-refractivity contribution in [2.75, 3.05) is 13.2 Å². The van der Waals surface area contributed by atoms with Gasteiger partial charge in [-0.2, -0.15) is 0 Å². The summed E-state index contributed by atoms with van der Waals surface area (Å²) in [6.45, 7) is 0.559. The molecule has 13 heavy (non-hydrogen) atoms. The van der Waals surface area contributed by atoms with Crippen molar-refractivity contribution in [3.63, 3.8) is 0 Å². The molecular weight excluding hydrogens is 166 g/mol. The van der Waals surface area contributed by atoms with Crippen LogP contribution in [0, 0.1) is 0 Å². The highest BCUT2D eigenvalue weighted by molar-refractivity contribution is 5.20. The zero-order valence-corrected chi connectivity index (χ0v) is 7.52. The highest BCUT2D eigenvalue weighted by Gasteiger charge is 1.99. The second-order valence-electron chi connectivity index (χ2n) is 2.89. The first kappa shape index (κ1) is 10.0. The predicted octanol–water partition coefficient (Wildman–Crippen LogP) is 0.775. The summed E-state index contributed by atoms with van der Waals surface area (Å²) in [7, 11) is 0. The van der Waals surface area contributed by atoms with Gasteiger partial charge in [-0.3, -0.25) is 0 Å². The van der Waals surface area contributed by atoms with Crippen molar-refractivity contribution in [3.8, 4) is 5.75 Å². The molecule has 0 spiro atoms. The quantitative estimate of drug-likeness (QED) is 0.705. The lowest BCUT2D eigenvalue weighted by atomic mass is 10.2. The number of ether oxygens (including phenoxy) is 1. The van der Waals surface area contributed by atoms with E-state index < -0.39 is 0 Å². The van der Waals surface area contributed by atoms with Gasteiger partial charge in [0, 0.05) is 6.04 Å². The molecule has 0 aromatic heterocycles. The van der Waals surface area contributed by atoms with Gasteiger partial charge in [-0.25, -0.2) is 0 Å². The van der Waals surface area contributed by atoms with Crippen LogP contribution < -0.4 is 10.5 Å². The van der Waals surface area contributed by atoms with E-state index in [4.69, 9.17) is 15.6 Å². The minimum absolute atomic E-state index is 0.0121. The van der Waals surface area contributed by atoms with Gasteiger partial charge < -0.3 is 15.6 Å². The number of aliphatic hydroxyl groups is 1. The van der Waals surface area contributed by atoms with E-state index in [1.165, 1.54) is 0 Å². The first-order valence-electron chi connectivity index (χ1n) is 4.37. The third-order valence-electron chi connectivity index (χ3n) is 1.74. The average Bonchev–Trinajstić information content (AvgIpc) is 2.19. The van der Waals surface area contributed by atoms with E-state index in [1.807, 2.05) is 30.3 Å². The molecular formula is C10H15NO2. The van der Waals surface area contributed by atoms with Crippen LogP contribution >= 0.6 is 0 Å². The molecule has 0 aliphatic carbocycles. The molecule has 1 aromatic carbocycles. The Hall–Kier alpha value is -1.06. The fraction of sp³-hybridized carbons (Fsp3) is 0.400. The summed E-state index contributed by atoms with van der Waals surface area (Å²) >= 11 is 0. The molecule has 0 radical (unpaired) electrons. The Morgan fingerprint density at radius 2 is 2.00 bits per heavy atom. The van der Waals surface area contributed by atoms with E-state index in [-0.39, 0.29) is 12.6 Å². The topological polar surface area (TPSA) is 55.5 Å². The van der Waals surface area contributed by atoms with Gasteiger partial charge in [0.05, 0.1) is 13.2 Å². The van der Waals surface area contributed by atoms with Crippen LogP contribution in [0.1, 0.15) is 6.42 Å². The Labute approximate surface area is 78.1 Å². The standard InChI is InChI=1S/C10H15NO2/c11-9(8-12)6-7-13-10-4-2-1-3-5-10/h1-5,9,12H,6-8,11H2/t9-/m1/s1. The van der Waals surface area contributed by atoms with E-state index in [9.17, 15) is 0 Å².